The lowest BCUT2D eigenvalue weighted by Crippen LogP contribution is -2.46. The largest absolute Gasteiger partial charge is 0.353 e. The quantitative estimate of drug-likeness (QED) is 0.825. The fourth-order valence-electron chi connectivity index (χ4n) is 2.40. The first-order valence-corrected chi connectivity index (χ1v) is 6.82. The average molecular weight is 262 g/mol. The lowest BCUT2D eigenvalue weighted by atomic mass is 10.1. The number of aryl methyl sites for hydroxylation is 1. The highest BCUT2D eigenvalue weighted by Gasteiger charge is 2.18. The van der Waals surface area contributed by atoms with E-state index >= 15 is 0 Å². The van der Waals surface area contributed by atoms with Gasteiger partial charge < -0.3 is 15.5 Å². The molecule has 2 N–H and O–H groups in total. The third-order valence-corrected chi connectivity index (χ3v) is 3.70. The van der Waals surface area contributed by atoms with E-state index in [1.54, 1.807) is 4.90 Å². The van der Waals surface area contributed by atoms with Crippen LogP contribution in [0.15, 0.2) is 12.3 Å². The Hall–Kier alpha value is -1.62. The van der Waals surface area contributed by atoms with E-state index in [1.807, 2.05) is 6.20 Å². The number of rotatable bonds is 4. The van der Waals surface area contributed by atoms with Gasteiger partial charge in [0, 0.05) is 38.4 Å². The Kier molecular flexibility index (Phi) is 4.37. The zero-order chi connectivity index (χ0) is 13.8. The number of hydrogen-bond acceptors (Lipinski definition) is 4. The number of aromatic nitrogens is 1. The molecule has 1 aromatic heterocycles. The zero-order valence-electron chi connectivity index (χ0n) is 11.7. The maximum atomic E-state index is 10.7. The second-order valence-electron chi connectivity index (χ2n) is 5.05. The number of amides is 1. The predicted octanol–water partition coefficient (Wildman–Crippen LogP) is 1.08. The van der Waals surface area contributed by atoms with Crippen LogP contribution in [0.2, 0.25) is 0 Å². The summed E-state index contributed by atoms with van der Waals surface area (Å²) < 4.78 is 0. The van der Waals surface area contributed by atoms with Crippen LogP contribution < -0.4 is 10.6 Å². The topological polar surface area (TPSA) is 62.5 Å². The molecule has 0 bridgehead atoms. The molecule has 1 fully saturated rings. The minimum absolute atomic E-state index is 0.0622. The third-order valence-electron chi connectivity index (χ3n) is 3.70. The molecule has 0 spiro atoms. The molecule has 5 heteroatoms. The molecule has 1 aliphatic rings. The van der Waals surface area contributed by atoms with Crippen molar-refractivity contribution in [1.29, 1.82) is 0 Å². The van der Waals surface area contributed by atoms with Gasteiger partial charge in [0.25, 0.3) is 0 Å². The molecule has 0 unspecified atom stereocenters. The number of nitrogens with two attached hydrogens (primary N) is 1. The van der Waals surface area contributed by atoms with Crippen molar-refractivity contribution >= 4 is 12.2 Å². The number of carbonyl (C=O) groups excluding carboxylic acids is 1. The molecular weight excluding hydrogens is 240 g/mol. The van der Waals surface area contributed by atoms with Gasteiger partial charge in [-0.05, 0) is 30.5 Å². The molecule has 1 aromatic rings. The van der Waals surface area contributed by atoms with Gasteiger partial charge >= 0.3 is 0 Å². The van der Waals surface area contributed by atoms with Crippen molar-refractivity contribution < 1.29 is 4.79 Å². The van der Waals surface area contributed by atoms with Gasteiger partial charge in [-0.15, -0.1) is 0 Å². The molecule has 2 heterocycles. The monoisotopic (exact) mass is 262 g/mol. The van der Waals surface area contributed by atoms with E-state index in [1.165, 1.54) is 0 Å². The zero-order valence-corrected chi connectivity index (χ0v) is 11.7. The van der Waals surface area contributed by atoms with E-state index in [0.717, 1.165) is 56.0 Å². The number of anilines is 1. The maximum Gasteiger partial charge on any atom is 0.209 e. The predicted molar refractivity (Wildman–Crippen MR) is 76.0 cm³/mol. The second-order valence-corrected chi connectivity index (χ2v) is 5.05. The van der Waals surface area contributed by atoms with E-state index in [2.05, 4.69) is 29.8 Å². The van der Waals surface area contributed by atoms with E-state index < -0.39 is 0 Å². The highest BCUT2D eigenvalue weighted by molar-refractivity contribution is 5.51. The summed E-state index contributed by atoms with van der Waals surface area (Å²) in [4.78, 5) is 19.3. The van der Waals surface area contributed by atoms with Gasteiger partial charge in [-0.3, -0.25) is 4.79 Å². The van der Waals surface area contributed by atoms with Gasteiger partial charge in [0.1, 0.15) is 5.82 Å². The summed E-state index contributed by atoms with van der Waals surface area (Å²) in [5, 5.41) is 0. The minimum atomic E-state index is 0.0622. The van der Waals surface area contributed by atoms with Crippen LogP contribution in [0.1, 0.15) is 30.5 Å². The Morgan fingerprint density at radius 3 is 2.63 bits per heavy atom. The van der Waals surface area contributed by atoms with Crippen molar-refractivity contribution in [2.24, 2.45) is 5.73 Å². The third kappa shape index (κ3) is 3.04. The first-order valence-electron chi connectivity index (χ1n) is 6.82. The molecular formula is C14H22N4O. The molecule has 1 amide bonds. The Balaban J connectivity index is 2.11. The summed E-state index contributed by atoms with van der Waals surface area (Å²) >= 11 is 0. The first kappa shape index (κ1) is 13.8. The van der Waals surface area contributed by atoms with Crippen LogP contribution in [0.5, 0.6) is 0 Å². The molecule has 0 saturated carbocycles. The van der Waals surface area contributed by atoms with E-state index in [4.69, 9.17) is 5.73 Å². The SMILES string of the molecule is CC[C@H](N)c1cnc(N2CCN(C=O)CC2)c(C)c1. The van der Waals surface area contributed by atoms with Crippen molar-refractivity contribution in [3.63, 3.8) is 0 Å². The molecule has 104 valence electrons. The van der Waals surface area contributed by atoms with Crippen LogP contribution in [-0.4, -0.2) is 42.5 Å². The summed E-state index contributed by atoms with van der Waals surface area (Å²) in [7, 11) is 0. The van der Waals surface area contributed by atoms with Crippen LogP contribution in [0.3, 0.4) is 0 Å². The molecule has 0 aromatic carbocycles. The molecule has 0 radical (unpaired) electrons. The van der Waals surface area contributed by atoms with Crippen molar-refractivity contribution in [1.82, 2.24) is 9.88 Å². The van der Waals surface area contributed by atoms with Crippen molar-refractivity contribution in [3.05, 3.63) is 23.4 Å². The van der Waals surface area contributed by atoms with Crippen molar-refractivity contribution in [2.45, 2.75) is 26.3 Å². The molecule has 1 atom stereocenters. The molecule has 0 aliphatic carbocycles. The minimum Gasteiger partial charge on any atom is -0.353 e. The molecule has 19 heavy (non-hydrogen) atoms. The molecule has 1 aliphatic heterocycles. The molecule has 1 saturated heterocycles. The van der Waals surface area contributed by atoms with Gasteiger partial charge in [-0.2, -0.15) is 0 Å². The summed E-state index contributed by atoms with van der Waals surface area (Å²) in [6.07, 6.45) is 3.71. The van der Waals surface area contributed by atoms with Gasteiger partial charge in [-0.25, -0.2) is 4.98 Å². The first-order chi connectivity index (χ1) is 9.15. The van der Waals surface area contributed by atoms with Crippen LogP contribution >= 0.6 is 0 Å². The number of piperazine rings is 1. The van der Waals surface area contributed by atoms with Gasteiger partial charge in [0.05, 0.1) is 0 Å². The summed E-state index contributed by atoms with van der Waals surface area (Å²) in [6.45, 7) is 7.35. The fourth-order valence-corrected chi connectivity index (χ4v) is 2.40. The van der Waals surface area contributed by atoms with Gasteiger partial charge in [-0.1, -0.05) is 6.92 Å². The number of hydrogen-bond donors (Lipinski definition) is 1. The van der Waals surface area contributed by atoms with E-state index in [9.17, 15) is 4.79 Å². The van der Waals surface area contributed by atoms with Gasteiger partial charge in [0.15, 0.2) is 0 Å². The van der Waals surface area contributed by atoms with E-state index in [-0.39, 0.29) is 6.04 Å². The standard InChI is InChI=1S/C14H22N4O/c1-3-13(15)12-8-11(2)14(16-9-12)18-6-4-17(10-19)5-7-18/h8-10,13H,3-7,15H2,1-2H3/t13-/m0/s1. The Bertz CT molecular complexity index is 441. The number of pyridine rings is 1. The average Bonchev–Trinajstić information content (AvgIpc) is 2.46. The maximum absolute atomic E-state index is 10.7. The van der Waals surface area contributed by atoms with Crippen LogP contribution in [-0.2, 0) is 4.79 Å². The summed E-state index contributed by atoms with van der Waals surface area (Å²) in [6, 6.07) is 2.19. The highest BCUT2D eigenvalue weighted by Crippen LogP contribution is 2.22. The van der Waals surface area contributed by atoms with E-state index in [0.29, 0.717) is 0 Å². The Morgan fingerprint density at radius 1 is 1.42 bits per heavy atom. The number of carbonyl (C=O) groups is 1. The lowest BCUT2D eigenvalue weighted by molar-refractivity contribution is -0.118. The summed E-state index contributed by atoms with van der Waals surface area (Å²) in [5.74, 6) is 1.01. The van der Waals surface area contributed by atoms with Crippen LogP contribution in [0.25, 0.3) is 0 Å². The second kappa shape index (κ2) is 6.02. The van der Waals surface area contributed by atoms with Crippen molar-refractivity contribution in [3.8, 4) is 0 Å². The van der Waals surface area contributed by atoms with Crippen LogP contribution in [0.4, 0.5) is 5.82 Å². The normalized spacial score (nSPS) is 17.4. The molecule has 5 nitrogen and oxygen atoms in total. The Labute approximate surface area is 114 Å². The number of nitrogens with zero attached hydrogens (tertiary/aromatic N) is 3. The van der Waals surface area contributed by atoms with Gasteiger partial charge in [0.2, 0.25) is 6.41 Å². The smallest absolute Gasteiger partial charge is 0.209 e. The lowest BCUT2D eigenvalue weighted by Gasteiger charge is -2.34. The Morgan fingerprint density at radius 2 is 2.11 bits per heavy atom. The van der Waals surface area contributed by atoms with Crippen molar-refractivity contribution in [2.75, 3.05) is 31.1 Å². The summed E-state index contributed by atoms with van der Waals surface area (Å²) in [5.41, 5.74) is 8.28. The fraction of sp³-hybridized carbons (Fsp3) is 0.571. The molecule has 2 rings (SSSR count). The highest BCUT2D eigenvalue weighted by atomic mass is 16.1. The van der Waals surface area contributed by atoms with Crippen LogP contribution in [0, 0.1) is 6.92 Å².